The van der Waals surface area contributed by atoms with Gasteiger partial charge in [0, 0.05) is 33.4 Å². The van der Waals surface area contributed by atoms with E-state index in [0.29, 0.717) is 13.2 Å². The smallest absolute Gasteiger partial charge is 0.191 e. The fourth-order valence-electron chi connectivity index (χ4n) is 2.24. The Kier molecular flexibility index (Phi) is 16.0. The summed E-state index contributed by atoms with van der Waals surface area (Å²) in [5.74, 6) is 0.846. The molecular formula is C19H34IN3O2. The van der Waals surface area contributed by atoms with E-state index in [-0.39, 0.29) is 24.0 Å². The van der Waals surface area contributed by atoms with Gasteiger partial charge >= 0.3 is 0 Å². The minimum Gasteiger partial charge on any atom is -0.381 e. The zero-order valence-electron chi connectivity index (χ0n) is 15.8. The first-order valence-corrected chi connectivity index (χ1v) is 8.97. The number of guanidine groups is 1. The van der Waals surface area contributed by atoms with Gasteiger partial charge < -0.3 is 20.1 Å². The maximum absolute atomic E-state index is 5.57. The highest BCUT2D eigenvalue weighted by Crippen LogP contribution is 2.11. The molecule has 0 amide bonds. The highest BCUT2D eigenvalue weighted by atomic mass is 127. The third-order valence-electron chi connectivity index (χ3n) is 3.57. The lowest BCUT2D eigenvalue weighted by atomic mass is 10.1. The molecule has 0 unspecified atom stereocenters. The Hall–Kier alpha value is -0.860. The van der Waals surface area contributed by atoms with Crippen LogP contribution in [0, 0.1) is 0 Å². The number of nitrogens with one attached hydrogen (secondary N) is 2. The van der Waals surface area contributed by atoms with Gasteiger partial charge in [0.05, 0.1) is 13.2 Å². The van der Waals surface area contributed by atoms with Crippen LogP contribution in [-0.4, -0.2) is 39.4 Å². The zero-order valence-corrected chi connectivity index (χ0v) is 18.2. The van der Waals surface area contributed by atoms with Crippen molar-refractivity contribution in [1.29, 1.82) is 0 Å². The van der Waals surface area contributed by atoms with E-state index in [1.54, 1.807) is 7.11 Å². The van der Waals surface area contributed by atoms with E-state index in [9.17, 15) is 0 Å². The van der Waals surface area contributed by atoms with Crippen LogP contribution in [0.25, 0.3) is 0 Å². The first-order valence-electron chi connectivity index (χ1n) is 8.97. The second-order valence-electron chi connectivity index (χ2n) is 5.64. The van der Waals surface area contributed by atoms with Crippen LogP contribution >= 0.6 is 24.0 Å². The summed E-state index contributed by atoms with van der Waals surface area (Å²) in [6.07, 6.45) is 3.30. The van der Waals surface area contributed by atoms with Crippen molar-refractivity contribution in [3.63, 3.8) is 0 Å². The van der Waals surface area contributed by atoms with Crippen molar-refractivity contribution in [3.05, 3.63) is 35.4 Å². The fraction of sp³-hybridized carbons (Fsp3) is 0.632. The fourth-order valence-corrected chi connectivity index (χ4v) is 2.24. The molecule has 1 aromatic carbocycles. The van der Waals surface area contributed by atoms with Gasteiger partial charge in [-0.25, -0.2) is 4.99 Å². The predicted molar refractivity (Wildman–Crippen MR) is 116 cm³/mol. The second-order valence-corrected chi connectivity index (χ2v) is 5.64. The standard InChI is InChI=1S/C19H33N3O2.HI/c1-4-6-13-24-14-9-12-21-19(20-5-2)22-15-17-10-7-8-11-18(17)16-23-3;/h7-8,10-11H,4-6,9,12-16H2,1-3H3,(H2,20,21,22);1H. The monoisotopic (exact) mass is 463 g/mol. The zero-order chi connectivity index (χ0) is 17.5. The Bertz CT molecular complexity index is 470. The molecule has 0 saturated carbocycles. The number of rotatable bonds is 12. The number of methoxy groups -OCH3 is 1. The van der Waals surface area contributed by atoms with Crippen LogP contribution in [-0.2, 0) is 22.6 Å². The van der Waals surface area contributed by atoms with Crippen LogP contribution < -0.4 is 10.6 Å². The van der Waals surface area contributed by atoms with Crippen molar-refractivity contribution >= 4 is 29.9 Å². The molecule has 0 aliphatic carbocycles. The number of hydrogen-bond acceptors (Lipinski definition) is 3. The van der Waals surface area contributed by atoms with Crippen LogP contribution in [0.5, 0.6) is 0 Å². The molecule has 6 heteroatoms. The molecule has 0 aliphatic heterocycles. The minimum atomic E-state index is 0. The van der Waals surface area contributed by atoms with Crippen molar-refractivity contribution in [1.82, 2.24) is 10.6 Å². The number of aliphatic imine (C=N–C) groups is 1. The third-order valence-corrected chi connectivity index (χ3v) is 3.57. The van der Waals surface area contributed by atoms with Gasteiger partial charge in [-0.15, -0.1) is 24.0 Å². The van der Waals surface area contributed by atoms with Crippen LogP contribution in [0.4, 0.5) is 0 Å². The summed E-state index contributed by atoms with van der Waals surface area (Å²) in [6, 6.07) is 8.26. The molecule has 0 bridgehead atoms. The van der Waals surface area contributed by atoms with E-state index in [1.807, 2.05) is 12.1 Å². The van der Waals surface area contributed by atoms with E-state index >= 15 is 0 Å². The molecular weight excluding hydrogens is 429 g/mol. The van der Waals surface area contributed by atoms with Gasteiger partial charge in [0.1, 0.15) is 0 Å². The van der Waals surface area contributed by atoms with Crippen molar-refractivity contribution in [2.75, 3.05) is 33.4 Å². The lowest BCUT2D eigenvalue weighted by Gasteiger charge is -2.12. The number of nitrogens with zero attached hydrogens (tertiary/aromatic N) is 1. The number of benzene rings is 1. The normalized spacial score (nSPS) is 11.1. The quantitative estimate of drug-likeness (QED) is 0.215. The first kappa shape index (κ1) is 24.1. The Morgan fingerprint density at radius 1 is 1.04 bits per heavy atom. The first-order chi connectivity index (χ1) is 11.8. The highest BCUT2D eigenvalue weighted by Gasteiger charge is 2.02. The molecule has 0 saturated heterocycles. The van der Waals surface area contributed by atoms with Crippen molar-refractivity contribution in [2.45, 2.75) is 46.3 Å². The topological polar surface area (TPSA) is 54.9 Å². The lowest BCUT2D eigenvalue weighted by Crippen LogP contribution is -2.38. The number of halogens is 1. The van der Waals surface area contributed by atoms with E-state index in [2.05, 4.69) is 41.6 Å². The largest absolute Gasteiger partial charge is 0.381 e. The molecule has 1 rings (SSSR count). The van der Waals surface area contributed by atoms with Crippen molar-refractivity contribution < 1.29 is 9.47 Å². The van der Waals surface area contributed by atoms with Gasteiger partial charge in [0.2, 0.25) is 0 Å². The Balaban J connectivity index is 0.00000576. The summed E-state index contributed by atoms with van der Waals surface area (Å²) in [6.45, 7) is 8.87. The summed E-state index contributed by atoms with van der Waals surface area (Å²) >= 11 is 0. The van der Waals surface area contributed by atoms with Gasteiger partial charge in [-0.3, -0.25) is 0 Å². The van der Waals surface area contributed by atoms with Crippen molar-refractivity contribution in [2.24, 2.45) is 4.99 Å². The van der Waals surface area contributed by atoms with E-state index < -0.39 is 0 Å². The van der Waals surface area contributed by atoms with E-state index in [0.717, 1.165) is 45.1 Å². The average Bonchev–Trinajstić information content (AvgIpc) is 2.60. The number of unbranched alkanes of at least 4 members (excludes halogenated alkanes) is 1. The molecule has 0 aromatic heterocycles. The van der Waals surface area contributed by atoms with Gasteiger partial charge in [0.15, 0.2) is 5.96 Å². The van der Waals surface area contributed by atoms with E-state index in [4.69, 9.17) is 9.47 Å². The Morgan fingerprint density at radius 3 is 2.44 bits per heavy atom. The van der Waals surface area contributed by atoms with Crippen LogP contribution in [0.3, 0.4) is 0 Å². The lowest BCUT2D eigenvalue weighted by molar-refractivity contribution is 0.129. The molecule has 0 heterocycles. The second kappa shape index (κ2) is 16.6. The Morgan fingerprint density at radius 2 is 1.76 bits per heavy atom. The third kappa shape index (κ3) is 11.4. The molecule has 2 N–H and O–H groups in total. The molecule has 5 nitrogen and oxygen atoms in total. The van der Waals surface area contributed by atoms with Gasteiger partial charge in [0.25, 0.3) is 0 Å². The minimum absolute atomic E-state index is 0. The van der Waals surface area contributed by atoms with Gasteiger partial charge in [-0.2, -0.15) is 0 Å². The molecule has 0 radical (unpaired) electrons. The van der Waals surface area contributed by atoms with Crippen molar-refractivity contribution in [3.8, 4) is 0 Å². The van der Waals surface area contributed by atoms with E-state index in [1.165, 1.54) is 17.5 Å². The summed E-state index contributed by atoms with van der Waals surface area (Å²) in [7, 11) is 1.72. The maximum atomic E-state index is 5.57. The molecule has 0 atom stereocenters. The van der Waals surface area contributed by atoms with Crippen LogP contribution in [0.15, 0.2) is 29.3 Å². The van der Waals surface area contributed by atoms with Gasteiger partial charge in [-0.1, -0.05) is 37.6 Å². The molecule has 25 heavy (non-hydrogen) atoms. The van der Waals surface area contributed by atoms with Crippen LogP contribution in [0.2, 0.25) is 0 Å². The summed E-state index contributed by atoms with van der Waals surface area (Å²) in [4.78, 5) is 4.67. The number of ether oxygens (including phenoxy) is 2. The highest BCUT2D eigenvalue weighted by molar-refractivity contribution is 14.0. The summed E-state index contributed by atoms with van der Waals surface area (Å²) < 4.78 is 10.8. The summed E-state index contributed by atoms with van der Waals surface area (Å²) in [5, 5.41) is 6.64. The number of hydrogen-bond donors (Lipinski definition) is 2. The molecule has 0 aliphatic rings. The van der Waals surface area contributed by atoms with Crippen LogP contribution in [0.1, 0.15) is 44.2 Å². The predicted octanol–water partition coefficient (Wildman–Crippen LogP) is 3.71. The molecule has 0 spiro atoms. The van der Waals surface area contributed by atoms with Gasteiger partial charge in [-0.05, 0) is 30.9 Å². The molecule has 1 aromatic rings. The summed E-state index contributed by atoms with van der Waals surface area (Å²) in [5.41, 5.74) is 2.38. The SMILES string of the molecule is CCCCOCCCNC(=NCc1ccccc1COC)NCC.I. The molecule has 0 fully saturated rings. The maximum Gasteiger partial charge on any atom is 0.191 e. The Labute approximate surface area is 170 Å². The average molecular weight is 463 g/mol. The molecule has 144 valence electrons.